The van der Waals surface area contributed by atoms with Crippen molar-refractivity contribution in [3.8, 4) is 39.3 Å². The summed E-state index contributed by atoms with van der Waals surface area (Å²) in [6.07, 6.45) is 2.19. The van der Waals surface area contributed by atoms with Gasteiger partial charge in [-0.2, -0.15) is 0 Å². The van der Waals surface area contributed by atoms with Crippen LogP contribution in [0.4, 0.5) is 17.1 Å². The van der Waals surface area contributed by atoms with Crippen LogP contribution < -0.4 is 4.90 Å². The van der Waals surface area contributed by atoms with Gasteiger partial charge < -0.3 is 18.6 Å². The number of rotatable bonds is 8. The summed E-state index contributed by atoms with van der Waals surface area (Å²) in [6.45, 7) is 0. The fourth-order valence-electron chi connectivity index (χ4n) is 10.2. The molecule has 13 aromatic rings. The maximum absolute atomic E-state index is 2.51. The third-order valence-corrected chi connectivity index (χ3v) is 13.3. The average Bonchev–Trinajstić information content (AvgIpc) is 4.07. The minimum Gasteiger partial charge on any atom is -0.316 e. The van der Waals surface area contributed by atoms with E-state index in [0.717, 1.165) is 39.6 Å². The molecular formula is C62H42N4. The Morgan fingerprint density at radius 2 is 0.788 bits per heavy atom. The van der Waals surface area contributed by atoms with Crippen LogP contribution in [0.2, 0.25) is 0 Å². The lowest BCUT2D eigenvalue weighted by Gasteiger charge is -2.26. The van der Waals surface area contributed by atoms with Gasteiger partial charge in [-0.05, 0) is 125 Å². The molecule has 0 bridgehead atoms. The van der Waals surface area contributed by atoms with E-state index in [0.29, 0.717) is 0 Å². The zero-order chi connectivity index (χ0) is 43.6. The largest absolute Gasteiger partial charge is 0.316 e. The number of nitrogens with zero attached hydrogens (tertiary/aromatic N) is 4. The molecule has 66 heavy (non-hydrogen) atoms. The van der Waals surface area contributed by atoms with Crippen molar-refractivity contribution in [1.29, 1.82) is 0 Å². The van der Waals surface area contributed by atoms with Crippen LogP contribution in [0.3, 0.4) is 0 Å². The van der Waals surface area contributed by atoms with E-state index >= 15 is 0 Å². The van der Waals surface area contributed by atoms with Crippen LogP contribution in [0.15, 0.2) is 255 Å². The quantitative estimate of drug-likeness (QED) is 0.149. The number of hydrogen-bond donors (Lipinski definition) is 0. The number of anilines is 3. The first-order valence-electron chi connectivity index (χ1n) is 22.6. The molecule has 0 saturated heterocycles. The Morgan fingerprint density at radius 3 is 1.39 bits per heavy atom. The molecule has 0 unspecified atom stereocenters. The van der Waals surface area contributed by atoms with Crippen molar-refractivity contribution in [3.05, 3.63) is 255 Å². The summed E-state index contributed by atoms with van der Waals surface area (Å²) < 4.78 is 7.23. The zero-order valence-corrected chi connectivity index (χ0v) is 36.0. The molecule has 0 aliphatic carbocycles. The molecule has 3 heterocycles. The maximum atomic E-state index is 2.51. The molecule has 0 aliphatic heterocycles. The van der Waals surface area contributed by atoms with Crippen LogP contribution in [0, 0.1) is 0 Å². The van der Waals surface area contributed by atoms with Gasteiger partial charge in [-0.3, -0.25) is 0 Å². The lowest BCUT2D eigenvalue weighted by atomic mass is 10.0. The van der Waals surface area contributed by atoms with Crippen molar-refractivity contribution >= 4 is 71.6 Å². The second kappa shape index (κ2) is 15.4. The van der Waals surface area contributed by atoms with Crippen molar-refractivity contribution in [2.75, 3.05) is 4.90 Å². The molecule has 0 radical (unpaired) electrons. The topological polar surface area (TPSA) is 18.0 Å². The van der Waals surface area contributed by atoms with Crippen LogP contribution in [0.1, 0.15) is 0 Å². The summed E-state index contributed by atoms with van der Waals surface area (Å²) in [5, 5.41) is 6.13. The SMILES string of the molecule is c1ccc(-c2ccc(N(c3ccc(-c4ccccc4)cc3)c3ccc(-n4c5cc6c(ccn6-c6ccccc6)cc5c5ccc6c(c7ccccc7n6-c6ccccc6)c54)cc3)cc2)cc1. The molecule has 0 amide bonds. The Hall–Kier alpha value is -8.86. The molecule has 4 heteroatoms. The van der Waals surface area contributed by atoms with Gasteiger partial charge in [0.15, 0.2) is 0 Å². The molecule has 13 rings (SSSR count). The smallest absolute Gasteiger partial charge is 0.0641 e. The molecule has 10 aromatic carbocycles. The third-order valence-electron chi connectivity index (χ3n) is 13.3. The summed E-state index contributed by atoms with van der Waals surface area (Å²) in [7, 11) is 0. The molecule has 0 aliphatic rings. The summed E-state index contributed by atoms with van der Waals surface area (Å²) in [6, 6.07) is 90.1. The summed E-state index contributed by atoms with van der Waals surface area (Å²) in [5.74, 6) is 0. The van der Waals surface area contributed by atoms with Crippen LogP contribution in [0.5, 0.6) is 0 Å². The molecule has 0 spiro atoms. The van der Waals surface area contributed by atoms with Crippen LogP contribution in [0.25, 0.3) is 93.8 Å². The zero-order valence-electron chi connectivity index (χ0n) is 36.0. The van der Waals surface area contributed by atoms with E-state index < -0.39 is 0 Å². The summed E-state index contributed by atoms with van der Waals surface area (Å²) in [4.78, 5) is 2.36. The molecule has 0 atom stereocenters. The molecule has 0 saturated carbocycles. The first-order valence-corrected chi connectivity index (χ1v) is 22.6. The van der Waals surface area contributed by atoms with Crippen molar-refractivity contribution in [2.45, 2.75) is 0 Å². The van der Waals surface area contributed by atoms with E-state index in [4.69, 9.17) is 0 Å². The predicted octanol–water partition coefficient (Wildman–Crippen LogP) is 16.6. The van der Waals surface area contributed by atoms with E-state index in [1.54, 1.807) is 0 Å². The highest BCUT2D eigenvalue weighted by Gasteiger charge is 2.23. The second-order valence-corrected chi connectivity index (χ2v) is 17.0. The van der Waals surface area contributed by atoms with Crippen LogP contribution in [-0.4, -0.2) is 13.7 Å². The van der Waals surface area contributed by atoms with Crippen molar-refractivity contribution < 1.29 is 0 Å². The molecular weight excluding hydrogens is 801 g/mol. The number of aromatic nitrogens is 3. The first-order chi connectivity index (χ1) is 32.7. The lowest BCUT2D eigenvalue weighted by Crippen LogP contribution is -2.10. The number of benzene rings is 10. The molecule has 0 N–H and O–H groups in total. The van der Waals surface area contributed by atoms with E-state index in [1.165, 1.54) is 71.3 Å². The lowest BCUT2D eigenvalue weighted by molar-refractivity contribution is 1.12. The summed E-state index contributed by atoms with van der Waals surface area (Å²) in [5.41, 5.74) is 17.3. The average molecular weight is 843 g/mol. The normalized spacial score (nSPS) is 11.6. The van der Waals surface area contributed by atoms with Crippen molar-refractivity contribution in [1.82, 2.24) is 13.7 Å². The fourth-order valence-corrected chi connectivity index (χ4v) is 10.2. The van der Waals surface area contributed by atoms with Gasteiger partial charge in [-0.25, -0.2) is 0 Å². The van der Waals surface area contributed by atoms with Gasteiger partial charge in [-0.15, -0.1) is 0 Å². The number of hydrogen-bond acceptors (Lipinski definition) is 1. The second-order valence-electron chi connectivity index (χ2n) is 17.0. The van der Waals surface area contributed by atoms with E-state index in [2.05, 4.69) is 274 Å². The third kappa shape index (κ3) is 6.15. The Bertz CT molecular complexity index is 3780. The van der Waals surface area contributed by atoms with Gasteiger partial charge in [0, 0.05) is 67.3 Å². The summed E-state index contributed by atoms with van der Waals surface area (Å²) >= 11 is 0. The monoisotopic (exact) mass is 842 g/mol. The van der Waals surface area contributed by atoms with Gasteiger partial charge >= 0.3 is 0 Å². The highest BCUT2D eigenvalue weighted by molar-refractivity contribution is 6.27. The Labute approximate surface area is 382 Å². The minimum atomic E-state index is 1.07. The van der Waals surface area contributed by atoms with Crippen molar-refractivity contribution in [2.24, 2.45) is 0 Å². The van der Waals surface area contributed by atoms with E-state index in [-0.39, 0.29) is 0 Å². The molecule has 0 fully saturated rings. The highest BCUT2D eigenvalue weighted by atomic mass is 15.1. The molecule has 4 nitrogen and oxygen atoms in total. The van der Waals surface area contributed by atoms with Gasteiger partial charge in [-0.1, -0.05) is 146 Å². The van der Waals surface area contributed by atoms with Crippen LogP contribution >= 0.6 is 0 Å². The fraction of sp³-hybridized carbons (Fsp3) is 0. The van der Waals surface area contributed by atoms with Crippen molar-refractivity contribution in [3.63, 3.8) is 0 Å². The highest BCUT2D eigenvalue weighted by Crippen LogP contribution is 2.44. The Kier molecular flexibility index (Phi) is 8.81. The van der Waals surface area contributed by atoms with Gasteiger partial charge in [0.1, 0.15) is 0 Å². The number of fused-ring (bicyclic) bond motifs is 8. The minimum absolute atomic E-state index is 1.07. The maximum Gasteiger partial charge on any atom is 0.0641 e. The standard InChI is InChI=1S/C62H42N4/c1-5-15-43(16-6-1)45-25-29-50(30-26-45)64(51-31-27-46(28-32-51)44-17-7-2-8-18-44)52-33-35-53(36-34-52)66-60-42-59-47(39-40-63(59)48-19-9-3-10-20-48)41-56(60)54-37-38-58-61(62(54)66)55-23-13-14-24-57(55)65(58)49-21-11-4-12-22-49/h1-42H. The predicted molar refractivity (Wildman–Crippen MR) is 278 cm³/mol. The van der Waals surface area contributed by atoms with Gasteiger partial charge in [0.05, 0.1) is 27.6 Å². The van der Waals surface area contributed by atoms with E-state index in [9.17, 15) is 0 Å². The van der Waals surface area contributed by atoms with Gasteiger partial charge in [0.25, 0.3) is 0 Å². The number of para-hydroxylation sites is 3. The van der Waals surface area contributed by atoms with E-state index in [1.807, 2.05) is 0 Å². The molecule has 3 aromatic heterocycles. The molecule has 310 valence electrons. The van der Waals surface area contributed by atoms with Crippen LogP contribution in [-0.2, 0) is 0 Å². The first kappa shape index (κ1) is 37.7. The van der Waals surface area contributed by atoms with Gasteiger partial charge in [0.2, 0.25) is 0 Å². The Morgan fingerprint density at radius 1 is 0.288 bits per heavy atom. The Balaban J connectivity index is 1.03.